The zero-order chi connectivity index (χ0) is 20.1. The number of hydrogen-bond acceptors (Lipinski definition) is 3. The molecule has 1 aliphatic carbocycles. The Kier molecular flexibility index (Phi) is 5.96. The van der Waals surface area contributed by atoms with E-state index < -0.39 is 5.25 Å². The Morgan fingerprint density at radius 3 is 2.14 bits per heavy atom. The summed E-state index contributed by atoms with van der Waals surface area (Å²) < 4.78 is 0. The highest BCUT2D eigenvalue weighted by atomic mass is 32.2. The van der Waals surface area contributed by atoms with Crippen LogP contribution in [0.2, 0.25) is 0 Å². The first-order valence-electron chi connectivity index (χ1n) is 9.67. The van der Waals surface area contributed by atoms with Gasteiger partial charge in [-0.05, 0) is 48.7 Å². The molecular formula is C24H22N2O2S. The van der Waals surface area contributed by atoms with Crippen LogP contribution in [0.3, 0.4) is 0 Å². The van der Waals surface area contributed by atoms with Crippen LogP contribution in [0, 0.1) is 5.92 Å². The van der Waals surface area contributed by atoms with Crippen LogP contribution >= 0.6 is 11.8 Å². The van der Waals surface area contributed by atoms with Gasteiger partial charge in [0.05, 0.1) is 0 Å². The molecule has 1 fully saturated rings. The number of nitrogens with one attached hydrogen (secondary N) is 2. The van der Waals surface area contributed by atoms with Gasteiger partial charge in [0.15, 0.2) is 0 Å². The molecule has 3 aromatic carbocycles. The zero-order valence-electron chi connectivity index (χ0n) is 15.9. The van der Waals surface area contributed by atoms with Crippen LogP contribution in [0.5, 0.6) is 0 Å². The van der Waals surface area contributed by atoms with Crippen LogP contribution in [0.25, 0.3) is 0 Å². The Hall–Kier alpha value is -3.05. The van der Waals surface area contributed by atoms with E-state index in [1.807, 2.05) is 84.9 Å². The van der Waals surface area contributed by atoms with E-state index in [1.165, 1.54) is 11.8 Å². The van der Waals surface area contributed by atoms with E-state index >= 15 is 0 Å². The monoisotopic (exact) mass is 402 g/mol. The zero-order valence-corrected chi connectivity index (χ0v) is 16.7. The van der Waals surface area contributed by atoms with Gasteiger partial charge in [-0.25, -0.2) is 0 Å². The van der Waals surface area contributed by atoms with Gasteiger partial charge in [0.25, 0.3) is 0 Å². The highest BCUT2D eigenvalue weighted by molar-refractivity contribution is 8.00. The average Bonchev–Trinajstić information content (AvgIpc) is 3.59. The van der Waals surface area contributed by atoms with E-state index in [0.29, 0.717) is 0 Å². The topological polar surface area (TPSA) is 58.2 Å². The lowest BCUT2D eigenvalue weighted by Crippen LogP contribution is -2.19. The number of carbonyl (C=O) groups excluding carboxylic acids is 2. The maximum absolute atomic E-state index is 13.1. The lowest BCUT2D eigenvalue weighted by atomic mass is 10.1. The van der Waals surface area contributed by atoms with Gasteiger partial charge in [0, 0.05) is 22.2 Å². The fraction of sp³-hybridized carbons (Fsp3) is 0.167. The van der Waals surface area contributed by atoms with Crippen molar-refractivity contribution in [1.82, 2.24) is 0 Å². The van der Waals surface area contributed by atoms with Crippen molar-refractivity contribution in [2.75, 3.05) is 10.6 Å². The lowest BCUT2D eigenvalue weighted by molar-refractivity contribution is -0.117. The largest absolute Gasteiger partial charge is 0.326 e. The maximum Gasteiger partial charge on any atom is 0.242 e. The van der Waals surface area contributed by atoms with Gasteiger partial charge in [-0.15, -0.1) is 11.8 Å². The third kappa shape index (κ3) is 5.27. The van der Waals surface area contributed by atoms with E-state index in [2.05, 4.69) is 10.6 Å². The molecule has 1 atom stereocenters. The third-order valence-corrected chi connectivity index (χ3v) is 5.93. The van der Waals surface area contributed by atoms with Crippen molar-refractivity contribution in [1.29, 1.82) is 0 Å². The minimum atomic E-state index is -0.411. The van der Waals surface area contributed by atoms with Crippen LogP contribution in [0.1, 0.15) is 23.7 Å². The molecule has 0 bridgehead atoms. The summed E-state index contributed by atoms with van der Waals surface area (Å²) in [5.41, 5.74) is 2.46. The SMILES string of the molecule is O=C(Nc1cccc(SC(C(=O)Nc2ccccc2)c2ccccc2)c1)C1CC1. The van der Waals surface area contributed by atoms with E-state index in [9.17, 15) is 9.59 Å². The molecule has 3 aromatic rings. The van der Waals surface area contributed by atoms with Gasteiger partial charge >= 0.3 is 0 Å². The molecule has 4 rings (SSSR count). The molecular weight excluding hydrogens is 380 g/mol. The second-order valence-corrected chi connectivity index (χ2v) is 8.23. The van der Waals surface area contributed by atoms with Crippen LogP contribution in [0.4, 0.5) is 11.4 Å². The summed E-state index contributed by atoms with van der Waals surface area (Å²) in [6, 6.07) is 26.9. The van der Waals surface area contributed by atoms with E-state index in [0.717, 1.165) is 34.7 Å². The van der Waals surface area contributed by atoms with Crippen molar-refractivity contribution in [2.24, 2.45) is 5.92 Å². The Bertz CT molecular complexity index is 988. The first-order chi connectivity index (χ1) is 14.2. The van der Waals surface area contributed by atoms with Gasteiger partial charge < -0.3 is 10.6 Å². The molecule has 29 heavy (non-hydrogen) atoms. The Labute approximate surface area is 174 Å². The number of thioether (sulfide) groups is 1. The smallest absolute Gasteiger partial charge is 0.242 e. The summed E-state index contributed by atoms with van der Waals surface area (Å²) in [5.74, 6) is 0.147. The summed E-state index contributed by atoms with van der Waals surface area (Å²) in [7, 11) is 0. The molecule has 2 N–H and O–H groups in total. The number of rotatable bonds is 7. The van der Waals surface area contributed by atoms with Crippen LogP contribution in [-0.4, -0.2) is 11.8 Å². The minimum Gasteiger partial charge on any atom is -0.326 e. The third-order valence-electron chi connectivity index (χ3n) is 4.69. The molecule has 1 unspecified atom stereocenters. The molecule has 0 heterocycles. The average molecular weight is 403 g/mol. The van der Waals surface area contributed by atoms with Crippen molar-refractivity contribution >= 4 is 35.0 Å². The predicted octanol–water partition coefficient (Wildman–Crippen LogP) is 5.51. The molecule has 5 heteroatoms. The van der Waals surface area contributed by atoms with Crippen molar-refractivity contribution in [3.63, 3.8) is 0 Å². The molecule has 4 nitrogen and oxygen atoms in total. The molecule has 1 aliphatic rings. The van der Waals surface area contributed by atoms with Crippen molar-refractivity contribution in [2.45, 2.75) is 23.0 Å². The van der Waals surface area contributed by atoms with Crippen LogP contribution in [-0.2, 0) is 9.59 Å². The molecule has 0 radical (unpaired) electrons. The van der Waals surface area contributed by atoms with E-state index in [1.54, 1.807) is 0 Å². The number of para-hydroxylation sites is 1. The molecule has 0 aromatic heterocycles. The number of carbonyl (C=O) groups is 2. The Morgan fingerprint density at radius 2 is 1.45 bits per heavy atom. The molecule has 2 amide bonds. The van der Waals surface area contributed by atoms with Gasteiger partial charge in [0.1, 0.15) is 5.25 Å². The van der Waals surface area contributed by atoms with Crippen molar-refractivity contribution < 1.29 is 9.59 Å². The molecule has 1 saturated carbocycles. The quantitative estimate of drug-likeness (QED) is 0.513. The van der Waals surface area contributed by atoms with Gasteiger partial charge in [0.2, 0.25) is 11.8 Å². The fourth-order valence-corrected chi connectivity index (χ4v) is 4.09. The summed E-state index contributed by atoms with van der Waals surface area (Å²) in [5, 5.41) is 5.56. The number of anilines is 2. The first-order valence-corrected chi connectivity index (χ1v) is 10.6. The van der Waals surface area contributed by atoms with Crippen LogP contribution in [0.15, 0.2) is 89.8 Å². The Morgan fingerprint density at radius 1 is 0.793 bits per heavy atom. The molecule has 0 saturated heterocycles. The molecule has 146 valence electrons. The molecule has 0 spiro atoms. The standard InChI is InChI=1S/C24H22N2O2S/c27-23(18-14-15-18)26-20-12-7-13-21(16-20)29-22(17-8-3-1-4-9-17)24(28)25-19-10-5-2-6-11-19/h1-13,16,18,22H,14-15H2,(H,25,28)(H,26,27). The number of amides is 2. The second kappa shape index (κ2) is 8.97. The Balaban J connectivity index is 1.54. The summed E-state index contributed by atoms with van der Waals surface area (Å²) in [6.07, 6.45) is 1.94. The highest BCUT2D eigenvalue weighted by Crippen LogP contribution is 2.37. The summed E-state index contributed by atoms with van der Waals surface area (Å²) >= 11 is 1.47. The first kappa shape index (κ1) is 19.3. The van der Waals surface area contributed by atoms with Gasteiger partial charge in [-0.2, -0.15) is 0 Å². The van der Waals surface area contributed by atoms with Crippen LogP contribution < -0.4 is 10.6 Å². The molecule has 0 aliphatic heterocycles. The van der Waals surface area contributed by atoms with E-state index in [4.69, 9.17) is 0 Å². The minimum absolute atomic E-state index is 0.0774. The van der Waals surface area contributed by atoms with E-state index in [-0.39, 0.29) is 17.7 Å². The summed E-state index contributed by atoms with van der Waals surface area (Å²) in [4.78, 5) is 26.1. The predicted molar refractivity (Wildman–Crippen MR) is 118 cm³/mol. The second-order valence-electron chi connectivity index (χ2n) is 7.06. The normalized spacial score (nSPS) is 14.1. The van der Waals surface area contributed by atoms with Gasteiger partial charge in [-0.3, -0.25) is 9.59 Å². The lowest BCUT2D eigenvalue weighted by Gasteiger charge is -2.17. The van der Waals surface area contributed by atoms with Crippen molar-refractivity contribution in [3.05, 3.63) is 90.5 Å². The highest BCUT2D eigenvalue weighted by Gasteiger charge is 2.29. The maximum atomic E-state index is 13.1. The van der Waals surface area contributed by atoms with Gasteiger partial charge in [-0.1, -0.05) is 54.6 Å². The number of hydrogen-bond donors (Lipinski definition) is 2. The fourth-order valence-electron chi connectivity index (χ4n) is 3.00. The summed E-state index contributed by atoms with van der Waals surface area (Å²) in [6.45, 7) is 0. The van der Waals surface area contributed by atoms with Crippen molar-refractivity contribution in [3.8, 4) is 0 Å². The number of benzene rings is 3.